The Labute approximate surface area is 119 Å². The maximum absolute atomic E-state index is 12.1. The average Bonchev–Trinajstić information content (AvgIpc) is 3.33. The highest BCUT2D eigenvalue weighted by atomic mass is 16.1. The summed E-state index contributed by atoms with van der Waals surface area (Å²) in [6, 6.07) is 0.730. The number of carbonyl (C=O) groups excluding carboxylic acids is 1. The van der Waals surface area contributed by atoms with Crippen LogP contribution in [0.25, 0.3) is 0 Å². The normalized spacial score (nSPS) is 18.5. The van der Waals surface area contributed by atoms with Gasteiger partial charge in [-0.15, -0.1) is 0 Å². The smallest absolute Gasteiger partial charge is 0.273 e. The van der Waals surface area contributed by atoms with Gasteiger partial charge in [-0.1, -0.05) is 6.92 Å². The van der Waals surface area contributed by atoms with Crippen molar-refractivity contribution < 1.29 is 4.79 Å². The highest BCUT2D eigenvalue weighted by molar-refractivity contribution is 5.97. The van der Waals surface area contributed by atoms with Crippen molar-refractivity contribution in [2.45, 2.75) is 44.6 Å². The van der Waals surface area contributed by atoms with Gasteiger partial charge in [-0.05, 0) is 32.2 Å². The molecule has 20 heavy (non-hydrogen) atoms. The van der Waals surface area contributed by atoms with Crippen LogP contribution in [0.15, 0.2) is 0 Å². The molecule has 0 aliphatic heterocycles. The van der Waals surface area contributed by atoms with Crippen molar-refractivity contribution in [3.8, 4) is 0 Å². The molecule has 1 aromatic rings. The summed E-state index contributed by atoms with van der Waals surface area (Å²) >= 11 is 0. The summed E-state index contributed by atoms with van der Waals surface area (Å²) in [5.41, 5.74) is 7.81. The van der Waals surface area contributed by atoms with Gasteiger partial charge in [0.2, 0.25) is 0 Å². The molecule has 2 saturated carbocycles. The summed E-state index contributed by atoms with van der Waals surface area (Å²) in [6.07, 6.45) is 4.86. The van der Waals surface area contributed by atoms with Crippen LogP contribution in [0.3, 0.4) is 0 Å². The molecule has 0 saturated heterocycles. The Kier molecular flexibility index (Phi) is 3.65. The standard InChI is InChI=1S/C14H23N5O/c1-2-19(10-5-6-10)8-7-16-14(20)13-11(15)12(17-18-13)9-3-4-9/h9-10H,2-8,15H2,1H3,(H,16,20)(H,17,18). The zero-order chi connectivity index (χ0) is 14.1. The number of likely N-dealkylation sites (N-methyl/N-ethyl adjacent to an activating group) is 1. The first-order chi connectivity index (χ1) is 9.70. The van der Waals surface area contributed by atoms with E-state index in [9.17, 15) is 4.79 Å². The number of nitrogens with one attached hydrogen (secondary N) is 2. The van der Waals surface area contributed by atoms with Gasteiger partial charge in [0.05, 0.1) is 11.4 Å². The average molecular weight is 277 g/mol. The van der Waals surface area contributed by atoms with Crippen LogP contribution in [0.1, 0.15) is 54.7 Å². The van der Waals surface area contributed by atoms with Gasteiger partial charge in [-0.2, -0.15) is 5.10 Å². The van der Waals surface area contributed by atoms with Crippen LogP contribution in [-0.4, -0.2) is 46.7 Å². The second kappa shape index (κ2) is 5.44. The molecular formula is C14H23N5O. The molecule has 2 aliphatic carbocycles. The summed E-state index contributed by atoms with van der Waals surface area (Å²) < 4.78 is 0. The lowest BCUT2D eigenvalue weighted by atomic mass is 10.2. The first-order valence-corrected chi connectivity index (χ1v) is 7.56. The highest BCUT2D eigenvalue weighted by Gasteiger charge is 2.30. The summed E-state index contributed by atoms with van der Waals surface area (Å²) in [7, 11) is 0. The van der Waals surface area contributed by atoms with Gasteiger partial charge in [0.1, 0.15) is 0 Å². The molecule has 6 heteroatoms. The summed E-state index contributed by atoms with van der Waals surface area (Å²) in [5, 5.41) is 9.89. The van der Waals surface area contributed by atoms with E-state index in [-0.39, 0.29) is 5.91 Å². The number of carbonyl (C=O) groups is 1. The molecule has 0 atom stereocenters. The van der Waals surface area contributed by atoms with Crippen molar-refractivity contribution >= 4 is 11.6 Å². The topological polar surface area (TPSA) is 87.0 Å². The van der Waals surface area contributed by atoms with E-state index in [1.165, 1.54) is 12.8 Å². The van der Waals surface area contributed by atoms with Crippen molar-refractivity contribution in [3.63, 3.8) is 0 Å². The molecule has 3 rings (SSSR count). The number of amides is 1. The van der Waals surface area contributed by atoms with E-state index in [1.54, 1.807) is 0 Å². The fourth-order valence-corrected chi connectivity index (χ4v) is 2.66. The number of nitrogens with zero attached hydrogens (tertiary/aromatic N) is 2. The third kappa shape index (κ3) is 2.80. The molecule has 1 amide bonds. The monoisotopic (exact) mass is 277 g/mol. The zero-order valence-corrected chi connectivity index (χ0v) is 12.0. The van der Waals surface area contributed by atoms with E-state index in [4.69, 9.17) is 5.73 Å². The maximum atomic E-state index is 12.1. The summed E-state index contributed by atoms with van der Waals surface area (Å²) in [4.78, 5) is 14.5. The quantitative estimate of drug-likeness (QED) is 0.696. The molecule has 0 bridgehead atoms. The third-order valence-electron chi connectivity index (χ3n) is 4.19. The molecule has 1 heterocycles. The SMILES string of the molecule is CCN(CCNC(=O)c1n[nH]c(C2CC2)c1N)C1CC1. The molecule has 0 spiro atoms. The van der Waals surface area contributed by atoms with Crippen LogP contribution in [0, 0.1) is 0 Å². The minimum atomic E-state index is -0.169. The molecule has 4 N–H and O–H groups in total. The fraction of sp³-hybridized carbons (Fsp3) is 0.714. The molecule has 0 aromatic carbocycles. The Balaban J connectivity index is 1.51. The van der Waals surface area contributed by atoms with E-state index in [1.807, 2.05) is 0 Å². The number of anilines is 1. The Morgan fingerprint density at radius 1 is 1.45 bits per heavy atom. The number of H-pyrrole nitrogens is 1. The van der Waals surface area contributed by atoms with E-state index in [0.29, 0.717) is 23.8 Å². The Bertz CT molecular complexity index is 490. The molecule has 1 aromatic heterocycles. The molecule has 6 nitrogen and oxygen atoms in total. The van der Waals surface area contributed by atoms with E-state index < -0.39 is 0 Å². The number of nitrogens with two attached hydrogens (primary N) is 1. The number of hydrogen-bond acceptors (Lipinski definition) is 4. The van der Waals surface area contributed by atoms with Gasteiger partial charge in [-0.25, -0.2) is 0 Å². The molecule has 110 valence electrons. The largest absolute Gasteiger partial charge is 0.395 e. The number of nitrogen functional groups attached to an aromatic ring is 1. The maximum Gasteiger partial charge on any atom is 0.273 e. The third-order valence-corrected chi connectivity index (χ3v) is 4.19. The van der Waals surface area contributed by atoms with Crippen LogP contribution < -0.4 is 11.1 Å². The van der Waals surface area contributed by atoms with Crippen molar-refractivity contribution in [1.29, 1.82) is 0 Å². The lowest BCUT2D eigenvalue weighted by Crippen LogP contribution is -2.36. The van der Waals surface area contributed by atoms with Gasteiger partial charge >= 0.3 is 0 Å². The first kappa shape index (κ1) is 13.4. The van der Waals surface area contributed by atoms with Crippen LogP contribution in [0.2, 0.25) is 0 Å². The Morgan fingerprint density at radius 2 is 2.20 bits per heavy atom. The predicted octanol–water partition coefficient (Wildman–Crippen LogP) is 1.08. The molecule has 2 aliphatic rings. The minimum Gasteiger partial charge on any atom is -0.395 e. The van der Waals surface area contributed by atoms with Crippen molar-refractivity contribution in [2.75, 3.05) is 25.4 Å². The Morgan fingerprint density at radius 3 is 2.80 bits per heavy atom. The van der Waals surface area contributed by atoms with Crippen LogP contribution >= 0.6 is 0 Å². The van der Waals surface area contributed by atoms with Gasteiger partial charge in [0.15, 0.2) is 5.69 Å². The minimum absolute atomic E-state index is 0.169. The molecule has 0 radical (unpaired) electrons. The lowest BCUT2D eigenvalue weighted by Gasteiger charge is -2.19. The predicted molar refractivity (Wildman–Crippen MR) is 77.6 cm³/mol. The molecule has 0 unspecified atom stereocenters. The molecule has 2 fully saturated rings. The van der Waals surface area contributed by atoms with Gasteiger partial charge in [0, 0.05) is 25.0 Å². The van der Waals surface area contributed by atoms with Crippen molar-refractivity contribution in [3.05, 3.63) is 11.4 Å². The van der Waals surface area contributed by atoms with Crippen molar-refractivity contribution in [1.82, 2.24) is 20.4 Å². The van der Waals surface area contributed by atoms with Crippen LogP contribution in [0.5, 0.6) is 0 Å². The van der Waals surface area contributed by atoms with E-state index >= 15 is 0 Å². The number of hydrogen-bond donors (Lipinski definition) is 3. The Hall–Kier alpha value is -1.56. The molecular weight excluding hydrogens is 254 g/mol. The lowest BCUT2D eigenvalue weighted by molar-refractivity contribution is 0.0944. The van der Waals surface area contributed by atoms with Crippen molar-refractivity contribution in [2.24, 2.45) is 0 Å². The van der Waals surface area contributed by atoms with E-state index in [2.05, 4.69) is 27.3 Å². The van der Waals surface area contributed by atoms with Crippen LogP contribution in [0.4, 0.5) is 5.69 Å². The highest BCUT2D eigenvalue weighted by Crippen LogP contribution is 2.42. The van der Waals surface area contributed by atoms with E-state index in [0.717, 1.165) is 37.7 Å². The van der Waals surface area contributed by atoms with Gasteiger partial charge < -0.3 is 11.1 Å². The second-order valence-electron chi connectivity index (χ2n) is 5.79. The first-order valence-electron chi connectivity index (χ1n) is 7.56. The zero-order valence-electron chi connectivity index (χ0n) is 12.0. The fourth-order valence-electron chi connectivity index (χ4n) is 2.66. The summed E-state index contributed by atoms with van der Waals surface area (Å²) in [5.74, 6) is 0.312. The number of aromatic amines is 1. The van der Waals surface area contributed by atoms with Gasteiger partial charge in [-0.3, -0.25) is 14.8 Å². The second-order valence-corrected chi connectivity index (χ2v) is 5.79. The number of aromatic nitrogens is 2. The summed E-state index contributed by atoms with van der Waals surface area (Å²) in [6.45, 7) is 4.74. The number of rotatable bonds is 7. The van der Waals surface area contributed by atoms with Gasteiger partial charge in [0.25, 0.3) is 5.91 Å². The van der Waals surface area contributed by atoms with Crippen LogP contribution in [-0.2, 0) is 0 Å².